The van der Waals surface area contributed by atoms with Gasteiger partial charge < -0.3 is 24.3 Å². The van der Waals surface area contributed by atoms with Crippen LogP contribution < -0.4 is 5.32 Å². The van der Waals surface area contributed by atoms with Crippen molar-refractivity contribution < 1.29 is 23.3 Å². The van der Waals surface area contributed by atoms with Crippen molar-refractivity contribution in [2.24, 2.45) is 0 Å². The summed E-state index contributed by atoms with van der Waals surface area (Å²) in [4.78, 5) is 4.75. The van der Waals surface area contributed by atoms with E-state index in [4.69, 9.17) is 35.5 Å². The zero-order valence-corrected chi connectivity index (χ0v) is 28.3. The fraction of sp³-hybridized carbons (Fsp3) is 0.250. The van der Waals surface area contributed by atoms with Crippen molar-refractivity contribution in [3.63, 3.8) is 0 Å². The standard InChI is InChI=1S/C40H38ClFN4O4/c1-27(31-19-11-12-20-32(31)42)44-33-21-36(41)45-46-34(22-43-40(33)46)37-39(49-25-30-17-9-4-10-18-30)38(48-24-29-15-7-3-8-16-29)35(50-37)26-47-23-28-13-5-2-6-14-28/h2-22,27,35,37-39,44H,23-26H2,1H3/t27-,35+,37-,38+,39-/m0/s1. The monoisotopic (exact) mass is 692 g/mol. The molecular formula is C40H38ClFN4O4. The lowest BCUT2D eigenvalue weighted by molar-refractivity contribution is -0.0898. The van der Waals surface area contributed by atoms with Crippen LogP contribution in [0.3, 0.4) is 0 Å². The third-order valence-corrected chi connectivity index (χ3v) is 8.96. The van der Waals surface area contributed by atoms with Crippen molar-refractivity contribution in [2.45, 2.75) is 57.2 Å². The average Bonchev–Trinajstić information content (AvgIpc) is 3.72. The van der Waals surface area contributed by atoms with Crippen LogP contribution in [-0.4, -0.2) is 39.5 Å². The molecule has 256 valence electrons. The van der Waals surface area contributed by atoms with Crippen LogP contribution in [0.15, 0.2) is 128 Å². The Morgan fingerprint density at radius 3 is 2.02 bits per heavy atom. The molecule has 1 aliphatic rings. The molecule has 0 radical (unpaired) electrons. The Bertz CT molecular complexity index is 1980. The Morgan fingerprint density at radius 2 is 1.38 bits per heavy atom. The molecule has 5 atom stereocenters. The van der Waals surface area contributed by atoms with Crippen molar-refractivity contribution in [1.82, 2.24) is 14.6 Å². The summed E-state index contributed by atoms with van der Waals surface area (Å²) in [5.41, 5.74) is 5.40. The number of imidazole rings is 1. The van der Waals surface area contributed by atoms with Crippen molar-refractivity contribution in [3.8, 4) is 0 Å². The van der Waals surface area contributed by atoms with Gasteiger partial charge in [0.1, 0.15) is 30.2 Å². The SMILES string of the molecule is C[C@H](Nc1cc(Cl)nn2c([C@@H]3O[C@H](COCc4ccccc4)[C@@H](OCc4ccccc4)[C@H]3OCc3ccccc3)cnc12)c1ccccc1F. The summed E-state index contributed by atoms with van der Waals surface area (Å²) in [6.07, 6.45) is -0.441. The molecule has 0 bridgehead atoms. The van der Waals surface area contributed by atoms with E-state index in [-0.39, 0.29) is 23.6 Å². The molecule has 4 aromatic carbocycles. The molecule has 2 aromatic heterocycles. The van der Waals surface area contributed by atoms with Crippen LogP contribution >= 0.6 is 11.6 Å². The number of halogens is 2. The molecule has 1 aliphatic heterocycles. The number of hydrogen-bond donors (Lipinski definition) is 1. The Hall–Kier alpha value is -4.64. The molecule has 0 amide bonds. The van der Waals surface area contributed by atoms with Crippen molar-refractivity contribution in [1.29, 1.82) is 0 Å². The summed E-state index contributed by atoms with van der Waals surface area (Å²) in [5, 5.41) is 8.25. The van der Waals surface area contributed by atoms with Gasteiger partial charge in [-0.15, -0.1) is 0 Å². The van der Waals surface area contributed by atoms with Gasteiger partial charge in [-0.05, 0) is 29.7 Å². The first-order chi connectivity index (χ1) is 24.5. The second-order valence-corrected chi connectivity index (χ2v) is 12.7. The Kier molecular flexibility index (Phi) is 10.8. The number of ether oxygens (including phenoxy) is 4. The summed E-state index contributed by atoms with van der Waals surface area (Å²) >= 11 is 6.61. The van der Waals surface area contributed by atoms with Crippen LogP contribution in [0, 0.1) is 5.82 Å². The first-order valence-electron chi connectivity index (χ1n) is 16.7. The molecule has 0 spiro atoms. The summed E-state index contributed by atoms with van der Waals surface area (Å²) in [6.45, 7) is 3.28. The first kappa shape index (κ1) is 33.8. The quantitative estimate of drug-likeness (QED) is 0.123. The highest BCUT2D eigenvalue weighted by atomic mass is 35.5. The molecule has 1 fully saturated rings. The van der Waals surface area contributed by atoms with E-state index < -0.39 is 24.4 Å². The lowest BCUT2D eigenvalue weighted by Crippen LogP contribution is -2.38. The largest absolute Gasteiger partial charge is 0.375 e. The van der Waals surface area contributed by atoms with Crippen LogP contribution in [0.5, 0.6) is 0 Å². The third-order valence-electron chi connectivity index (χ3n) is 8.77. The molecule has 3 heterocycles. The summed E-state index contributed by atoms with van der Waals surface area (Å²) in [7, 11) is 0. The smallest absolute Gasteiger partial charge is 0.177 e. The maximum Gasteiger partial charge on any atom is 0.177 e. The molecule has 50 heavy (non-hydrogen) atoms. The Morgan fingerprint density at radius 1 is 0.800 bits per heavy atom. The van der Waals surface area contributed by atoms with Gasteiger partial charge in [0.15, 0.2) is 10.8 Å². The van der Waals surface area contributed by atoms with Crippen LogP contribution in [0.4, 0.5) is 10.1 Å². The fourth-order valence-electron chi connectivity index (χ4n) is 6.28. The van der Waals surface area contributed by atoms with Crippen LogP contribution in [-0.2, 0) is 38.8 Å². The van der Waals surface area contributed by atoms with E-state index in [9.17, 15) is 4.39 Å². The topological polar surface area (TPSA) is 79.1 Å². The van der Waals surface area contributed by atoms with Gasteiger partial charge in [-0.25, -0.2) is 13.9 Å². The van der Waals surface area contributed by atoms with Gasteiger partial charge in [0, 0.05) is 11.6 Å². The molecular weight excluding hydrogens is 655 g/mol. The van der Waals surface area contributed by atoms with Crippen molar-refractivity contribution >= 4 is 22.9 Å². The average molecular weight is 693 g/mol. The van der Waals surface area contributed by atoms with Crippen LogP contribution in [0.25, 0.3) is 5.65 Å². The predicted octanol–water partition coefficient (Wildman–Crippen LogP) is 8.52. The maximum absolute atomic E-state index is 14.7. The molecule has 1 saturated heterocycles. The lowest BCUT2D eigenvalue weighted by atomic mass is 10.0. The van der Waals surface area contributed by atoms with Crippen LogP contribution in [0.1, 0.15) is 47.0 Å². The second kappa shape index (κ2) is 15.9. The molecule has 10 heteroatoms. The lowest BCUT2D eigenvalue weighted by Gasteiger charge is -2.25. The number of nitrogens with zero attached hydrogens (tertiary/aromatic N) is 3. The number of aromatic nitrogens is 3. The van der Waals surface area contributed by atoms with E-state index in [2.05, 4.69) is 10.4 Å². The maximum atomic E-state index is 14.7. The van der Waals surface area contributed by atoms with Gasteiger partial charge in [-0.2, -0.15) is 5.10 Å². The molecule has 1 N–H and O–H groups in total. The van der Waals surface area contributed by atoms with Gasteiger partial charge in [0.2, 0.25) is 0 Å². The van der Waals surface area contributed by atoms with E-state index in [0.717, 1.165) is 16.7 Å². The van der Waals surface area contributed by atoms with Crippen LogP contribution in [0.2, 0.25) is 5.15 Å². The van der Waals surface area contributed by atoms with E-state index in [0.29, 0.717) is 42.4 Å². The number of rotatable bonds is 14. The third kappa shape index (κ3) is 7.88. The zero-order chi connectivity index (χ0) is 34.3. The van der Waals surface area contributed by atoms with Gasteiger partial charge in [-0.3, -0.25) is 0 Å². The Balaban J connectivity index is 1.21. The van der Waals surface area contributed by atoms with Gasteiger partial charge in [0.25, 0.3) is 0 Å². The van der Waals surface area contributed by atoms with E-state index in [1.807, 2.05) is 104 Å². The second-order valence-electron chi connectivity index (χ2n) is 12.3. The number of fused-ring (bicyclic) bond motifs is 1. The molecule has 0 saturated carbocycles. The number of anilines is 1. The highest BCUT2D eigenvalue weighted by Crippen LogP contribution is 2.39. The van der Waals surface area contributed by atoms with E-state index in [1.54, 1.807) is 28.9 Å². The van der Waals surface area contributed by atoms with E-state index >= 15 is 0 Å². The molecule has 8 nitrogen and oxygen atoms in total. The highest BCUT2D eigenvalue weighted by Gasteiger charge is 2.48. The molecule has 7 rings (SSSR count). The number of nitrogens with one attached hydrogen (secondary N) is 1. The summed E-state index contributed by atoms with van der Waals surface area (Å²) < 4.78 is 42.7. The first-order valence-corrected chi connectivity index (χ1v) is 17.0. The zero-order valence-electron chi connectivity index (χ0n) is 27.6. The van der Waals surface area contributed by atoms with Gasteiger partial charge in [0.05, 0.1) is 50.0 Å². The molecule has 6 aromatic rings. The minimum atomic E-state index is -0.636. The summed E-state index contributed by atoms with van der Waals surface area (Å²) in [6, 6.07) is 38.0. The minimum absolute atomic E-state index is 0.236. The Labute approximate surface area is 295 Å². The number of benzene rings is 4. The van der Waals surface area contributed by atoms with Gasteiger partial charge >= 0.3 is 0 Å². The minimum Gasteiger partial charge on any atom is -0.375 e. The van der Waals surface area contributed by atoms with E-state index in [1.165, 1.54) is 6.07 Å². The van der Waals surface area contributed by atoms with Crippen molar-refractivity contribution in [3.05, 3.63) is 166 Å². The highest BCUT2D eigenvalue weighted by molar-refractivity contribution is 6.29. The number of hydrogen-bond acceptors (Lipinski definition) is 7. The fourth-order valence-corrected chi connectivity index (χ4v) is 6.46. The molecule has 0 aliphatic carbocycles. The predicted molar refractivity (Wildman–Crippen MR) is 190 cm³/mol. The molecule has 0 unspecified atom stereocenters. The normalized spacial score (nSPS) is 19.5. The van der Waals surface area contributed by atoms with Crippen molar-refractivity contribution in [2.75, 3.05) is 11.9 Å². The summed E-state index contributed by atoms with van der Waals surface area (Å²) in [5.74, 6) is -0.299. The van der Waals surface area contributed by atoms with Gasteiger partial charge in [-0.1, -0.05) is 121 Å².